The van der Waals surface area contributed by atoms with Crippen molar-refractivity contribution in [3.05, 3.63) is 36.0 Å². The molecule has 27 heavy (non-hydrogen) atoms. The summed E-state index contributed by atoms with van der Waals surface area (Å²) in [7, 11) is -4.10. The minimum Gasteiger partial charge on any atom is -0.494 e. The highest BCUT2D eigenvalue weighted by molar-refractivity contribution is 7.88. The van der Waals surface area contributed by atoms with Gasteiger partial charge in [0.15, 0.2) is 0 Å². The molecule has 0 radical (unpaired) electrons. The predicted molar refractivity (Wildman–Crippen MR) is 99.7 cm³/mol. The van der Waals surface area contributed by atoms with Crippen molar-refractivity contribution in [2.75, 3.05) is 25.1 Å². The van der Waals surface area contributed by atoms with E-state index in [4.69, 9.17) is 9.47 Å². The molecule has 2 rings (SSSR count). The fourth-order valence-corrected chi connectivity index (χ4v) is 3.33. The fraction of sp³-hybridized carbons (Fsp3) is 0.353. The van der Waals surface area contributed by atoms with Gasteiger partial charge in [-0.1, -0.05) is 0 Å². The van der Waals surface area contributed by atoms with Crippen molar-refractivity contribution in [3.63, 3.8) is 0 Å². The second kappa shape index (κ2) is 8.67. The summed E-state index contributed by atoms with van der Waals surface area (Å²) < 4.78 is 38.8. The van der Waals surface area contributed by atoms with E-state index in [1.165, 1.54) is 6.92 Å². The molecule has 0 spiro atoms. The maximum atomic E-state index is 12.2. The van der Waals surface area contributed by atoms with Crippen molar-refractivity contribution in [2.24, 2.45) is 4.40 Å². The zero-order valence-corrected chi connectivity index (χ0v) is 16.1. The lowest BCUT2D eigenvalue weighted by atomic mass is 10.2. The van der Waals surface area contributed by atoms with Crippen molar-refractivity contribution >= 4 is 33.5 Å². The molecule has 0 fully saturated rings. The van der Waals surface area contributed by atoms with Crippen LogP contribution in [0.1, 0.15) is 20.8 Å². The van der Waals surface area contributed by atoms with Crippen LogP contribution in [0.15, 0.2) is 40.4 Å². The molecule has 1 N–H and O–H groups in total. The molecule has 1 aliphatic rings. The van der Waals surface area contributed by atoms with Gasteiger partial charge in [-0.2, -0.15) is 8.42 Å². The van der Waals surface area contributed by atoms with Crippen molar-refractivity contribution in [2.45, 2.75) is 20.8 Å². The summed E-state index contributed by atoms with van der Waals surface area (Å²) in [5.41, 5.74) is 0.476. The number of benzene rings is 1. The molecule has 1 aromatic carbocycles. The van der Waals surface area contributed by atoms with E-state index in [9.17, 15) is 18.0 Å². The van der Waals surface area contributed by atoms with E-state index in [0.717, 1.165) is 6.20 Å². The van der Waals surface area contributed by atoms with Gasteiger partial charge < -0.3 is 14.8 Å². The molecular weight excluding hydrogens is 374 g/mol. The number of nitrogens with zero attached hydrogens (tertiary/aromatic N) is 2. The highest BCUT2D eigenvalue weighted by Gasteiger charge is 2.30. The second-order valence-electron chi connectivity index (χ2n) is 5.47. The van der Waals surface area contributed by atoms with E-state index in [1.54, 1.807) is 31.2 Å². The van der Waals surface area contributed by atoms with Crippen LogP contribution in [0, 0.1) is 0 Å². The van der Waals surface area contributed by atoms with Gasteiger partial charge >= 0.3 is 16.2 Å². The minimum absolute atomic E-state index is 0.0108. The van der Waals surface area contributed by atoms with E-state index >= 15 is 0 Å². The monoisotopic (exact) mass is 395 g/mol. The Morgan fingerprint density at radius 1 is 1.15 bits per heavy atom. The zero-order chi connectivity index (χ0) is 20.0. The highest BCUT2D eigenvalue weighted by atomic mass is 32.2. The smallest absolute Gasteiger partial charge is 0.344 e. The summed E-state index contributed by atoms with van der Waals surface area (Å²) in [6.07, 6.45) is 1.06. The molecule has 0 aliphatic carbocycles. The first-order chi connectivity index (χ1) is 12.8. The van der Waals surface area contributed by atoms with E-state index in [1.807, 2.05) is 6.92 Å². The molecule has 0 bridgehead atoms. The summed E-state index contributed by atoms with van der Waals surface area (Å²) in [5.74, 6) is -0.636. The predicted octanol–water partition coefficient (Wildman–Crippen LogP) is 1.49. The van der Waals surface area contributed by atoms with E-state index in [-0.39, 0.29) is 17.9 Å². The van der Waals surface area contributed by atoms with E-state index in [0.29, 0.717) is 22.3 Å². The number of rotatable bonds is 7. The standard InChI is InChI=1S/C17H21N3O6S/c1-4-25-14-8-6-13(7-9-14)18-16(21)11-20-10-15(17(22)26-5-2)12(3)19-27(20,23)24/h6-10H,4-5,11H2,1-3H3,(H,18,21). The van der Waals surface area contributed by atoms with Crippen LogP contribution in [-0.2, 0) is 24.5 Å². The molecule has 0 saturated carbocycles. The van der Waals surface area contributed by atoms with Gasteiger partial charge in [-0.25, -0.2) is 9.10 Å². The number of anilines is 1. The number of ether oxygens (including phenoxy) is 2. The first-order valence-corrected chi connectivity index (χ1v) is 9.67. The Morgan fingerprint density at radius 2 is 1.81 bits per heavy atom. The molecule has 1 heterocycles. The summed E-state index contributed by atoms with van der Waals surface area (Å²) in [6, 6.07) is 6.64. The lowest BCUT2D eigenvalue weighted by Gasteiger charge is -2.22. The van der Waals surface area contributed by atoms with Gasteiger partial charge in [0.1, 0.15) is 12.3 Å². The molecule has 10 heteroatoms. The average Bonchev–Trinajstić information content (AvgIpc) is 2.59. The van der Waals surface area contributed by atoms with Crippen molar-refractivity contribution in [1.29, 1.82) is 0 Å². The Bertz CT molecular complexity index is 874. The SMILES string of the molecule is CCOC(=O)C1=CN(CC(=O)Nc2ccc(OCC)cc2)S(=O)(=O)N=C1C. The second-order valence-corrected chi connectivity index (χ2v) is 7.02. The molecule has 9 nitrogen and oxygen atoms in total. The van der Waals surface area contributed by atoms with Crippen LogP contribution in [0.2, 0.25) is 0 Å². The first kappa shape index (κ1) is 20.4. The molecule has 1 aromatic rings. The molecule has 146 valence electrons. The first-order valence-electron chi connectivity index (χ1n) is 8.27. The number of hydrogen-bond donors (Lipinski definition) is 1. The summed E-state index contributed by atoms with van der Waals surface area (Å²) in [4.78, 5) is 24.1. The number of carbonyl (C=O) groups excluding carboxylic acids is 2. The molecule has 0 atom stereocenters. The molecule has 0 unspecified atom stereocenters. The van der Waals surface area contributed by atoms with E-state index < -0.39 is 28.6 Å². The van der Waals surface area contributed by atoms with Gasteiger partial charge in [-0.05, 0) is 45.0 Å². The molecule has 1 aliphatic heterocycles. The van der Waals surface area contributed by atoms with Crippen molar-refractivity contribution in [1.82, 2.24) is 4.31 Å². The largest absolute Gasteiger partial charge is 0.494 e. The number of carbonyl (C=O) groups is 2. The normalized spacial score (nSPS) is 15.4. The number of amides is 1. The van der Waals surface area contributed by atoms with Crippen molar-refractivity contribution < 1.29 is 27.5 Å². The average molecular weight is 395 g/mol. The van der Waals surface area contributed by atoms with Gasteiger partial charge in [0.25, 0.3) is 0 Å². The summed E-state index contributed by atoms with van der Waals surface area (Å²) in [5, 5.41) is 2.58. The Hall–Kier alpha value is -2.88. The van der Waals surface area contributed by atoms with Crippen LogP contribution in [0.4, 0.5) is 5.69 Å². The minimum atomic E-state index is -4.10. The molecule has 0 aromatic heterocycles. The van der Waals surface area contributed by atoms with Crippen LogP contribution in [0.5, 0.6) is 5.75 Å². The lowest BCUT2D eigenvalue weighted by molar-refractivity contribution is -0.138. The Kier molecular flexibility index (Phi) is 6.56. The number of esters is 1. The molecule has 1 amide bonds. The summed E-state index contributed by atoms with van der Waals surface area (Å²) >= 11 is 0. The third-order valence-corrected chi connectivity index (χ3v) is 4.79. The van der Waals surface area contributed by atoms with Crippen LogP contribution in [0.3, 0.4) is 0 Å². The van der Waals surface area contributed by atoms with Gasteiger partial charge in [0, 0.05) is 11.9 Å². The maximum Gasteiger partial charge on any atom is 0.344 e. The lowest BCUT2D eigenvalue weighted by Crippen LogP contribution is -2.37. The Labute approximate surface area is 157 Å². The number of nitrogens with one attached hydrogen (secondary N) is 1. The van der Waals surface area contributed by atoms with E-state index in [2.05, 4.69) is 9.71 Å². The third-order valence-electron chi connectivity index (χ3n) is 3.46. The zero-order valence-electron chi connectivity index (χ0n) is 15.3. The number of hydrogen-bond acceptors (Lipinski definition) is 6. The maximum absolute atomic E-state index is 12.2. The van der Waals surface area contributed by atoms with Crippen LogP contribution < -0.4 is 10.1 Å². The van der Waals surface area contributed by atoms with Crippen LogP contribution >= 0.6 is 0 Å². The van der Waals surface area contributed by atoms with Crippen LogP contribution in [0.25, 0.3) is 0 Å². The topological polar surface area (TPSA) is 114 Å². The van der Waals surface area contributed by atoms with Gasteiger partial charge in [-0.15, -0.1) is 4.40 Å². The fourth-order valence-electron chi connectivity index (χ4n) is 2.26. The molecule has 0 saturated heterocycles. The van der Waals surface area contributed by atoms with Gasteiger partial charge in [-0.3, -0.25) is 4.79 Å². The Morgan fingerprint density at radius 3 is 2.41 bits per heavy atom. The highest BCUT2D eigenvalue weighted by Crippen LogP contribution is 2.19. The Balaban J connectivity index is 2.11. The van der Waals surface area contributed by atoms with Crippen molar-refractivity contribution in [3.8, 4) is 5.75 Å². The van der Waals surface area contributed by atoms with Gasteiger partial charge in [0.2, 0.25) is 5.91 Å². The van der Waals surface area contributed by atoms with Crippen LogP contribution in [-0.4, -0.2) is 50.1 Å². The third kappa shape index (κ3) is 5.30. The summed E-state index contributed by atoms with van der Waals surface area (Å²) in [6.45, 7) is 5.00. The van der Waals surface area contributed by atoms with Gasteiger partial charge in [0.05, 0.1) is 24.5 Å². The molecular formula is C17H21N3O6S. The quantitative estimate of drug-likeness (QED) is 0.700.